The molecule has 3 heterocycles. The smallest absolute Gasteiger partial charge is 0.259 e. The molecule has 1 aromatic carbocycles. The highest BCUT2D eigenvalue weighted by molar-refractivity contribution is 7.99. The van der Waals surface area contributed by atoms with Crippen LogP contribution in [0.3, 0.4) is 0 Å². The normalized spacial score (nSPS) is 14.8. The van der Waals surface area contributed by atoms with Crippen molar-refractivity contribution in [3.8, 4) is 11.3 Å². The van der Waals surface area contributed by atoms with E-state index in [2.05, 4.69) is 10.1 Å². The van der Waals surface area contributed by atoms with E-state index in [1.54, 1.807) is 24.3 Å². The molecule has 1 saturated heterocycles. The highest BCUT2D eigenvalue weighted by Crippen LogP contribution is 2.34. The van der Waals surface area contributed by atoms with E-state index in [0.717, 1.165) is 30.2 Å². The second-order valence-corrected chi connectivity index (χ2v) is 8.10. The summed E-state index contributed by atoms with van der Waals surface area (Å²) in [5.74, 6) is 1.87. The van der Waals surface area contributed by atoms with Gasteiger partial charge in [-0.2, -0.15) is 11.8 Å². The molecule has 26 heavy (non-hydrogen) atoms. The van der Waals surface area contributed by atoms with Gasteiger partial charge in [-0.05, 0) is 25.1 Å². The molecule has 0 saturated carbocycles. The number of rotatable bonds is 2. The monoisotopic (exact) mass is 407 g/mol. The number of halogens is 2. The first-order valence-corrected chi connectivity index (χ1v) is 10.0. The maximum Gasteiger partial charge on any atom is 0.259 e. The van der Waals surface area contributed by atoms with Crippen molar-refractivity contribution in [2.24, 2.45) is 0 Å². The van der Waals surface area contributed by atoms with Crippen molar-refractivity contribution in [2.45, 2.75) is 6.92 Å². The van der Waals surface area contributed by atoms with Gasteiger partial charge in [-0.25, -0.2) is 4.98 Å². The van der Waals surface area contributed by atoms with Gasteiger partial charge in [-0.1, -0.05) is 34.4 Å². The lowest BCUT2D eigenvalue weighted by atomic mass is 10.0. The molecular formula is C18H15Cl2N3O2S. The van der Waals surface area contributed by atoms with Crippen LogP contribution in [0.4, 0.5) is 0 Å². The van der Waals surface area contributed by atoms with E-state index in [1.165, 1.54) is 0 Å². The van der Waals surface area contributed by atoms with Crippen molar-refractivity contribution in [1.82, 2.24) is 15.0 Å². The van der Waals surface area contributed by atoms with Crippen LogP contribution in [-0.2, 0) is 0 Å². The number of carbonyl (C=O) groups is 1. The number of pyridine rings is 1. The van der Waals surface area contributed by atoms with Crippen LogP contribution < -0.4 is 0 Å². The summed E-state index contributed by atoms with van der Waals surface area (Å²) in [6, 6.07) is 7.01. The lowest BCUT2D eigenvalue weighted by Gasteiger charge is -2.26. The summed E-state index contributed by atoms with van der Waals surface area (Å²) in [6.45, 7) is 3.31. The number of fused-ring (bicyclic) bond motifs is 1. The molecule has 5 nitrogen and oxygen atoms in total. The van der Waals surface area contributed by atoms with Crippen molar-refractivity contribution in [3.63, 3.8) is 0 Å². The number of aromatic nitrogens is 2. The van der Waals surface area contributed by atoms with Crippen LogP contribution in [0, 0.1) is 6.92 Å². The Balaban J connectivity index is 1.88. The number of nitrogens with zero attached hydrogens (tertiary/aromatic N) is 3. The number of thioether (sulfide) groups is 1. The van der Waals surface area contributed by atoms with E-state index in [4.69, 9.17) is 27.7 Å². The van der Waals surface area contributed by atoms with E-state index in [0.29, 0.717) is 38.1 Å². The molecule has 8 heteroatoms. The highest BCUT2D eigenvalue weighted by Gasteiger charge is 2.25. The summed E-state index contributed by atoms with van der Waals surface area (Å²) in [7, 11) is 0. The molecule has 0 atom stereocenters. The van der Waals surface area contributed by atoms with Crippen molar-refractivity contribution in [1.29, 1.82) is 0 Å². The fraction of sp³-hybridized carbons (Fsp3) is 0.278. The van der Waals surface area contributed by atoms with Crippen LogP contribution in [0.5, 0.6) is 0 Å². The first-order chi connectivity index (χ1) is 12.5. The second kappa shape index (κ2) is 7.10. The van der Waals surface area contributed by atoms with Gasteiger partial charge in [0.1, 0.15) is 5.69 Å². The molecule has 1 aliphatic rings. The molecule has 0 radical (unpaired) electrons. The van der Waals surface area contributed by atoms with Crippen molar-refractivity contribution in [3.05, 3.63) is 45.6 Å². The molecule has 0 bridgehead atoms. The van der Waals surface area contributed by atoms with Gasteiger partial charge in [0.15, 0.2) is 0 Å². The van der Waals surface area contributed by atoms with Gasteiger partial charge < -0.3 is 9.42 Å². The lowest BCUT2D eigenvalue weighted by molar-refractivity contribution is 0.0774. The minimum absolute atomic E-state index is 0.0229. The number of hydrogen-bond acceptors (Lipinski definition) is 5. The quantitative estimate of drug-likeness (QED) is 0.616. The predicted octanol–water partition coefficient (Wildman–Crippen LogP) is 4.69. The van der Waals surface area contributed by atoms with Crippen LogP contribution >= 0.6 is 35.0 Å². The average molecular weight is 408 g/mol. The highest BCUT2D eigenvalue weighted by atomic mass is 35.5. The Morgan fingerprint density at radius 1 is 1.19 bits per heavy atom. The minimum atomic E-state index is -0.0229. The summed E-state index contributed by atoms with van der Waals surface area (Å²) in [5, 5.41) is 5.64. The zero-order valence-corrected chi connectivity index (χ0v) is 16.3. The maximum absolute atomic E-state index is 13.1. The zero-order chi connectivity index (χ0) is 18.3. The zero-order valence-electron chi connectivity index (χ0n) is 14.0. The molecule has 0 aliphatic carbocycles. The first kappa shape index (κ1) is 17.6. The SMILES string of the molecule is Cc1cc(C(=O)N2CCSCC2)c2c(-c3ccc(Cl)c(Cl)c3)noc2n1. The molecule has 1 aliphatic heterocycles. The lowest BCUT2D eigenvalue weighted by Crippen LogP contribution is -2.38. The number of benzene rings is 1. The Morgan fingerprint density at radius 2 is 1.96 bits per heavy atom. The first-order valence-electron chi connectivity index (χ1n) is 8.14. The predicted molar refractivity (Wildman–Crippen MR) is 105 cm³/mol. The van der Waals surface area contributed by atoms with E-state index < -0.39 is 0 Å². The molecule has 0 spiro atoms. The van der Waals surface area contributed by atoms with Gasteiger partial charge in [0.2, 0.25) is 0 Å². The molecule has 0 unspecified atom stereocenters. The van der Waals surface area contributed by atoms with Crippen LogP contribution in [0.1, 0.15) is 16.1 Å². The van der Waals surface area contributed by atoms with Crippen LogP contribution in [-0.4, -0.2) is 45.5 Å². The van der Waals surface area contributed by atoms with E-state index >= 15 is 0 Å². The van der Waals surface area contributed by atoms with Crippen molar-refractivity contribution >= 4 is 52.0 Å². The van der Waals surface area contributed by atoms with Gasteiger partial charge >= 0.3 is 0 Å². The van der Waals surface area contributed by atoms with Gasteiger partial charge in [0.05, 0.1) is 21.0 Å². The molecule has 134 valence electrons. The number of amides is 1. The molecule has 3 aromatic rings. The minimum Gasteiger partial charge on any atom is -0.337 e. The topological polar surface area (TPSA) is 59.2 Å². The fourth-order valence-corrected chi connectivity index (χ4v) is 4.22. The largest absolute Gasteiger partial charge is 0.337 e. The molecule has 4 rings (SSSR count). The molecule has 1 amide bonds. The summed E-state index contributed by atoms with van der Waals surface area (Å²) >= 11 is 14.0. The summed E-state index contributed by atoms with van der Waals surface area (Å²) in [6.07, 6.45) is 0. The standard InChI is InChI=1S/C18H15Cl2N3O2S/c1-10-8-12(18(24)23-4-6-26-7-5-23)15-16(22-25-17(15)21-10)11-2-3-13(19)14(20)9-11/h2-3,8-9H,4-7H2,1H3. The second-order valence-electron chi connectivity index (χ2n) is 6.06. The van der Waals surface area contributed by atoms with Gasteiger partial charge in [-0.3, -0.25) is 4.79 Å². The third-order valence-corrected chi connectivity index (χ3v) is 5.98. The summed E-state index contributed by atoms with van der Waals surface area (Å²) in [5.41, 5.74) is 2.89. The number of aryl methyl sites for hydroxylation is 1. The molecule has 2 aromatic heterocycles. The number of hydrogen-bond donors (Lipinski definition) is 0. The van der Waals surface area contributed by atoms with Gasteiger partial charge in [0, 0.05) is 35.9 Å². The van der Waals surface area contributed by atoms with Gasteiger partial charge in [0.25, 0.3) is 11.6 Å². The molecule has 1 fully saturated rings. The molecular weight excluding hydrogens is 393 g/mol. The maximum atomic E-state index is 13.1. The van der Waals surface area contributed by atoms with Crippen LogP contribution in [0.25, 0.3) is 22.4 Å². The van der Waals surface area contributed by atoms with E-state index in [1.807, 2.05) is 23.6 Å². The van der Waals surface area contributed by atoms with E-state index in [9.17, 15) is 4.79 Å². The average Bonchev–Trinajstić information content (AvgIpc) is 3.07. The van der Waals surface area contributed by atoms with Crippen LogP contribution in [0.2, 0.25) is 10.0 Å². The van der Waals surface area contributed by atoms with Crippen LogP contribution in [0.15, 0.2) is 28.8 Å². The number of carbonyl (C=O) groups excluding carboxylic acids is 1. The Morgan fingerprint density at radius 3 is 2.69 bits per heavy atom. The summed E-state index contributed by atoms with van der Waals surface area (Å²) < 4.78 is 5.42. The van der Waals surface area contributed by atoms with E-state index in [-0.39, 0.29) is 5.91 Å². The Hall–Kier alpha value is -1.76. The third kappa shape index (κ3) is 3.17. The Labute approximate surface area is 164 Å². The van der Waals surface area contributed by atoms with Crippen molar-refractivity contribution < 1.29 is 9.32 Å². The van der Waals surface area contributed by atoms with Gasteiger partial charge in [-0.15, -0.1) is 0 Å². The van der Waals surface area contributed by atoms with Crippen molar-refractivity contribution in [2.75, 3.05) is 24.6 Å². The third-order valence-electron chi connectivity index (χ3n) is 4.30. The fourth-order valence-electron chi connectivity index (χ4n) is 3.02. The Kier molecular flexibility index (Phi) is 4.82. The summed E-state index contributed by atoms with van der Waals surface area (Å²) in [4.78, 5) is 19.4. The molecule has 0 N–H and O–H groups in total. The Bertz CT molecular complexity index is 1000.